The summed E-state index contributed by atoms with van der Waals surface area (Å²) in [5.41, 5.74) is 6.19. The molecule has 0 aliphatic rings. The van der Waals surface area contributed by atoms with Crippen LogP contribution in [-0.2, 0) is 0 Å². The van der Waals surface area contributed by atoms with Crippen molar-refractivity contribution >= 4 is 33.0 Å². The van der Waals surface area contributed by atoms with Gasteiger partial charge in [0.05, 0.1) is 11.1 Å². The minimum absolute atomic E-state index is 0.133. The fourth-order valence-corrected chi connectivity index (χ4v) is 3.09. The van der Waals surface area contributed by atoms with Crippen LogP contribution in [0.2, 0.25) is 0 Å². The molecule has 0 fully saturated rings. The molecule has 3 nitrogen and oxygen atoms in total. The van der Waals surface area contributed by atoms with Crippen LogP contribution < -0.4 is 5.73 Å². The van der Waals surface area contributed by atoms with Gasteiger partial charge in [0.2, 0.25) is 0 Å². The number of carbonyl (C=O) groups excluding carboxylic acids is 1. The molecule has 2 aromatic rings. The Morgan fingerprint density at radius 3 is 2.84 bits per heavy atom. The first-order valence-electron chi connectivity index (χ1n) is 6.28. The van der Waals surface area contributed by atoms with Crippen molar-refractivity contribution in [1.82, 2.24) is 4.90 Å². The summed E-state index contributed by atoms with van der Waals surface area (Å²) in [6.45, 7) is 2.76. The largest absolute Gasteiger partial charge is 0.397 e. The van der Waals surface area contributed by atoms with Gasteiger partial charge in [-0.2, -0.15) is 0 Å². The van der Waals surface area contributed by atoms with Crippen LogP contribution in [0.15, 0.2) is 18.2 Å². The molecule has 0 aliphatic carbocycles. The highest BCUT2D eigenvalue weighted by Crippen LogP contribution is 2.35. The van der Waals surface area contributed by atoms with Gasteiger partial charge < -0.3 is 10.6 Å². The van der Waals surface area contributed by atoms with Crippen molar-refractivity contribution in [2.24, 2.45) is 0 Å². The molecule has 1 amide bonds. The second-order valence-corrected chi connectivity index (χ2v) is 5.59. The van der Waals surface area contributed by atoms with E-state index in [0.717, 1.165) is 12.8 Å². The molecule has 0 saturated heterocycles. The average molecular weight is 280 g/mol. The number of anilines is 1. The van der Waals surface area contributed by atoms with E-state index in [0.29, 0.717) is 21.5 Å². The van der Waals surface area contributed by atoms with Gasteiger partial charge in [0.15, 0.2) is 0 Å². The lowest BCUT2D eigenvalue weighted by molar-refractivity contribution is 0.0799. The number of benzene rings is 1. The predicted molar refractivity (Wildman–Crippen MR) is 78.1 cm³/mol. The summed E-state index contributed by atoms with van der Waals surface area (Å²) in [6.07, 6.45) is 1.97. The number of halogens is 1. The van der Waals surface area contributed by atoms with E-state index < -0.39 is 0 Å². The Morgan fingerprint density at radius 1 is 1.47 bits per heavy atom. The summed E-state index contributed by atoms with van der Waals surface area (Å²) in [7, 11) is 1.75. The Morgan fingerprint density at radius 2 is 2.21 bits per heavy atom. The maximum Gasteiger partial charge on any atom is 0.265 e. The van der Waals surface area contributed by atoms with E-state index in [-0.39, 0.29) is 17.4 Å². The molecule has 19 heavy (non-hydrogen) atoms. The fourth-order valence-electron chi connectivity index (χ4n) is 1.96. The summed E-state index contributed by atoms with van der Waals surface area (Å²) >= 11 is 1.25. The van der Waals surface area contributed by atoms with Gasteiger partial charge in [-0.1, -0.05) is 19.4 Å². The van der Waals surface area contributed by atoms with Crippen LogP contribution in [0.25, 0.3) is 10.1 Å². The summed E-state index contributed by atoms with van der Waals surface area (Å²) in [4.78, 5) is 14.4. The number of thiophene rings is 1. The third-order valence-corrected chi connectivity index (χ3v) is 4.25. The first-order chi connectivity index (χ1) is 9.06. The number of amides is 1. The Kier molecular flexibility index (Phi) is 4.04. The predicted octanol–water partition coefficient (Wildman–Crippen LogP) is 3.49. The molecule has 102 valence electrons. The standard InChI is InChI=1S/C14H17FN2OS/c1-3-4-8-17(2)14(18)13-12(16)11-9(15)6-5-7-10(11)19-13/h5-7H,3-4,8,16H2,1-2H3. The molecule has 5 heteroatoms. The van der Waals surface area contributed by atoms with Crippen molar-refractivity contribution in [2.75, 3.05) is 19.3 Å². The Labute approximate surface area is 115 Å². The number of fused-ring (bicyclic) bond motifs is 1. The van der Waals surface area contributed by atoms with Gasteiger partial charge in [-0.25, -0.2) is 4.39 Å². The molecule has 0 saturated carbocycles. The molecule has 0 aliphatic heterocycles. The number of nitrogens with two attached hydrogens (primary N) is 1. The minimum atomic E-state index is -0.374. The van der Waals surface area contributed by atoms with E-state index in [9.17, 15) is 9.18 Å². The second kappa shape index (κ2) is 5.57. The van der Waals surface area contributed by atoms with Crippen LogP contribution in [0.5, 0.6) is 0 Å². The monoisotopic (exact) mass is 280 g/mol. The maximum atomic E-state index is 13.7. The normalized spacial score (nSPS) is 10.9. The van der Waals surface area contributed by atoms with Crippen LogP contribution >= 0.6 is 11.3 Å². The molecular formula is C14H17FN2OS. The van der Waals surface area contributed by atoms with Gasteiger partial charge in [-0.15, -0.1) is 11.3 Å². The van der Waals surface area contributed by atoms with Crippen LogP contribution in [0.3, 0.4) is 0 Å². The number of hydrogen-bond acceptors (Lipinski definition) is 3. The maximum absolute atomic E-state index is 13.7. The van der Waals surface area contributed by atoms with Gasteiger partial charge >= 0.3 is 0 Å². The minimum Gasteiger partial charge on any atom is -0.397 e. The third kappa shape index (κ3) is 2.56. The number of unbranched alkanes of at least 4 members (excludes halogenated alkanes) is 1. The zero-order valence-electron chi connectivity index (χ0n) is 11.1. The highest BCUT2D eigenvalue weighted by molar-refractivity contribution is 7.21. The van der Waals surface area contributed by atoms with E-state index in [2.05, 4.69) is 6.92 Å². The number of carbonyl (C=O) groups is 1. The molecule has 1 aromatic carbocycles. The quantitative estimate of drug-likeness (QED) is 0.931. The van der Waals surface area contributed by atoms with E-state index >= 15 is 0 Å². The van der Waals surface area contributed by atoms with Gasteiger partial charge in [0.25, 0.3) is 5.91 Å². The molecule has 1 aromatic heterocycles. The zero-order chi connectivity index (χ0) is 14.0. The molecule has 0 unspecified atom stereocenters. The van der Waals surface area contributed by atoms with Crippen molar-refractivity contribution < 1.29 is 9.18 Å². The topological polar surface area (TPSA) is 46.3 Å². The van der Waals surface area contributed by atoms with Crippen molar-refractivity contribution in [2.45, 2.75) is 19.8 Å². The second-order valence-electron chi connectivity index (χ2n) is 4.54. The van der Waals surface area contributed by atoms with E-state index in [1.807, 2.05) is 0 Å². The Bertz CT molecular complexity index is 609. The van der Waals surface area contributed by atoms with Gasteiger partial charge in [0.1, 0.15) is 10.7 Å². The zero-order valence-corrected chi connectivity index (χ0v) is 11.9. The lowest BCUT2D eigenvalue weighted by atomic mass is 10.2. The molecule has 0 bridgehead atoms. The Hall–Kier alpha value is -1.62. The molecule has 1 heterocycles. The van der Waals surface area contributed by atoms with Gasteiger partial charge in [0, 0.05) is 18.3 Å². The molecule has 0 atom stereocenters. The molecule has 0 spiro atoms. The van der Waals surface area contributed by atoms with Crippen LogP contribution in [0, 0.1) is 5.82 Å². The van der Waals surface area contributed by atoms with Crippen molar-refractivity contribution in [3.05, 3.63) is 28.9 Å². The van der Waals surface area contributed by atoms with Crippen LogP contribution in [0.1, 0.15) is 29.4 Å². The van der Waals surface area contributed by atoms with Crippen molar-refractivity contribution in [3.8, 4) is 0 Å². The summed E-state index contributed by atoms with van der Waals surface area (Å²) in [6, 6.07) is 4.77. The van der Waals surface area contributed by atoms with Gasteiger partial charge in [-0.05, 0) is 18.6 Å². The lowest BCUT2D eigenvalue weighted by Crippen LogP contribution is -2.27. The van der Waals surface area contributed by atoms with Crippen LogP contribution in [-0.4, -0.2) is 24.4 Å². The summed E-state index contributed by atoms with van der Waals surface area (Å²) in [5, 5.41) is 0.361. The number of rotatable bonds is 4. The number of nitrogen functional groups attached to an aromatic ring is 1. The highest BCUT2D eigenvalue weighted by atomic mass is 32.1. The molecular weight excluding hydrogens is 263 g/mol. The van der Waals surface area contributed by atoms with Crippen molar-refractivity contribution in [3.63, 3.8) is 0 Å². The fraction of sp³-hybridized carbons (Fsp3) is 0.357. The summed E-state index contributed by atoms with van der Waals surface area (Å²) in [5.74, 6) is -0.506. The molecule has 0 radical (unpaired) electrons. The average Bonchev–Trinajstić information content (AvgIpc) is 2.73. The van der Waals surface area contributed by atoms with Crippen molar-refractivity contribution in [1.29, 1.82) is 0 Å². The smallest absolute Gasteiger partial charge is 0.265 e. The first kappa shape index (κ1) is 13.8. The van der Waals surface area contributed by atoms with E-state index in [4.69, 9.17) is 5.73 Å². The van der Waals surface area contributed by atoms with E-state index in [1.165, 1.54) is 17.4 Å². The van der Waals surface area contributed by atoms with Crippen LogP contribution in [0.4, 0.5) is 10.1 Å². The number of nitrogens with zero attached hydrogens (tertiary/aromatic N) is 1. The molecule has 2 N–H and O–H groups in total. The Balaban J connectivity index is 2.38. The summed E-state index contributed by atoms with van der Waals surface area (Å²) < 4.78 is 14.4. The number of hydrogen-bond donors (Lipinski definition) is 1. The highest BCUT2D eigenvalue weighted by Gasteiger charge is 2.21. The molecule has 2 rings (SSSR count). The first-order valence-corrected chi connectivity index (χ1v) is 7.09. The third-order valence-electron chi connectivity index (χ3n) is 3.09. The van der Waals surface area contributed by atoms with Gasteiger partial charge in [-0.3, -0.25) is 4.79 Å². The van der Waals surface area contributed by atoms with E-state index in [1.54, 1.807) is 24.1 Å². The lowest BCUT2D eigenvalue weighted by Gasteiger charge is -2.15. The SMILES string of the molecule is CCCCN(C)C(=O)c1sc2cccc(F)c2c1N.